The Balaban J connectivity index is 1.23. The number of ketones is 1. The monoisotopic (exact) mass is 450 g/mol. The highest BCUT2D eigenvalue weighted by molar-refractivity contribution is 5.99. The quantitative estimate of drug-likeness (QED) is 0.597. The molecule has 176 valence electrons. The number of amides is 1. The lowest BCUT2D eigenvalue weighted by Crippen LogP contribution is -2.46. The fourth-order valence-electron chi connectivity index (χ4n) is 4.85. The van der Waals surface area contributed by atoms with Gasteiger partial charge >= 0.3 is 6.09 Å². The molecular weight excluding hydrogens is 418 g/mol. The molecule has 0 unspecified atom stereocenters. The van der Waals surface area contributed by atoms with E-state index in [1.807, 2.05) is 13.8 Å². The fourth-order valence-corrected chi connectivity index (χ4v) is 4.85. The number of Topliss-reactive ketones (excluding diaryl/α,β-unsaturated/α-hetero) is 1. The molecule has 2 atom stereocenters. The molecule has 3 aliphatic rings. The van der Waals surface area contributed by atoms with E-state index in [4.69, 9.17) is 15.2 Å². The molecule has 1 amide bonds. The number of nitrogens with two attached hydrogens (primary N) is 1. The molecule has 4 rings (SSSR count). The van der Waals surface area contributed by atoms with Crippen LogP contribution in [0.1, 0.15) is 62.7 Å². The van der Waals surface area contributed by atoms with Gasteiger partial charge in [-0.1, -0.05) is 0 Å². The van der Waals surface area contributed by atoms with Gasteiger partial charge in [-0.05, 0) is 64.2 Å². The van der Waals surface area contributed by atoms with E-state index in [2.05, 4.69) is 0 Å². The zero-order chi connectivity index (χ0) is 23.0. The number of carbonyl (C=O) groups excluding carboxylic acids is 2. The van der Waals surface area contributed by atoms with Crippen molar-refractivity contribution in [3.05, 3.63) is 29.3 Å². The average molecular weight is 451 g/mol. The summed E-state index contributed by atoms with van der Waals surface area (Å²) in [6, 6.07) is 2.18. The topological polar surface area (TPSA) is 81.9 Å². The summed E-state index contributed by atoms with van der Waals surface area (Å²) >= 11 is 0. The van der Waals surface area contributed by atoms with E-state index >= 15 is 0 Å². The normalized spacial score (nSPS) is 25.7. The van der Waals surface area contributed by atoms with Crippen LogP contribution in [0.15, 0.2) is 12.1 Å². The van der Waals surface area contributed by atoms with Crippen molar-refractivity contribution in [3.63, 3.8) is 0 Å². The van der Waals surface area contributed by atoms with Crippen molar-refractivity contribution in [1.29, 1.82) is 0 Å². The van der Waals surface area contributed by atoms with E-state index in [0.29, 0.717) is 44.9 Å². The second-order valence-electron chi connectivity index (χ2n) is 9.74. The van der Waals surface area contributed by atoms with Gasteiger partial charge in [0.25, 0.3) is 0 Å². The first-order chi connectivity index (χ1) is 15.2. The van der Waals surface area contributed by atoms with Crippen molar-refractivity contribution < 1.29 is 27.8 Å². The Morgan fingerprint density at radius 1 is 1.16 bits per heavy atom. The minimum absolute atomic E-state index is 0.0904. The highest BCUT2D eigenvalue weighted by Gasteiger charge is 2.55. The zero-order valence-corrected chi connectivity index (χ0v) is 18.7. The summed E-state index contributed by atoms with van der Waals surface area (Å²) in [5.74, 6) is -1.72. The average Bonchev–Trinajstić information content (AvgIpc) is 3.64. The molecule has 1 saturated heterocycles. The molecular formula is C24H32F2N2O4. The van der Waals surface area contributed by atoms with Crippen molar-refractivity contribution >= 4 is 11.9 Å². The summed E-state index contributed by atoms with van der Waals surface area (Å²) in [6.45, 7) is 5.26. The number of rotatable bonds is 8. The van der Waals surface area contributed by atoms with Crippen LogP contribution in [-0.4, -0.2) is 48.1 Å². The Kier molecular flexibility index (Phi) is 6.43. The SMILES string of the molecule is CC(C)OC(=O)N1CCC([C@@]2(N)C[C@H]2CCOc2cc(F)c(C(=O)C3CC3)c(F)c2)CC1. The number of piperidine rings is 1. The molecule has 1 aromatic carbocycles. The predicted molar refractivity (Wildman–Crippen MR) is 114 cm³/mol. The minimum Gasteiger partial charge on any atom is -0.493 e. The Morgan fingerprint density at radius 2 is 1.78 bits per heavy atom. The van der Waals surface area contributed by atoms with Crippen molar-refractivity contribution in [2.24, 2.45) is 23.5 Å². The molecule has 1 heterocycles. The van der Waals surface area contributed by atoms with E-state index in [1.54, 1.807) is 4.90 Å². The maximum absolute atomic E-state index is 14.3. The number of hydrogen-bond acceptors (Lipinski definition) is 5. The summed E-state index contributed by atoms with van der Waals surface area (Å²) in [5, 5.41) is 0. The van der Waals surface area contributed by atoms with Gasteiger partial charge in [0, 0.05) is 36.7 Å². The Bertz CT molecular complexity index is 858. The molecule has 0 radical (unpaired) electrons. The van der Waals surface area contributed by atoms with Gasteiger partial charge in [0.1, 0.15) is 17.4 Å². The van der Waals surface area contributed by atoms with Crippen LogP contribution in [0.5, 0.6) is 5.75 Å². The van der Waals surface area contributed by atoms with Crippen LogP contribution in [0.3, 0.4) is 0 Å². The number of hydrogen-bond donors (Lipinski definition) is 1. The number of halogens is 2. The maximum Gasteiger partial charge on any atom is 0.410 e. The van der Waals surface area contributed by atoms with Gasteiger partial charge < -0.3 is 20.1 Å². The molecule has 3 fully saturated rings. The third-order valence-electron chi connectivity index (χ3n) is 6.99. The molecule has 8 heteroatoms. The highest BCUT2D eigenvalue weighted by Crippen LogP contribution is 2.52. The molecule has 2 saturated carbocycles. The first kappa shape index (κ1) is 23.0. The molecule has 2 aliphatic carbocycles. The lowest BCUT2D eigenvalue weighted by Gasteiger charge is -2.35. The van der Waals surface area contributed by atoms with Crippen molar-refractivity contribution in [2.75, 3.05) is 19.7 Å². The predicted octanol–water partition coefficient (Wildman–Crippen LogP) is 4.30. The number of carbonyl (C=O) groups is 2. The second-order valence-corrected chi connectivity index (χ2v) is 9.74. The molecule has 6 nitrogen and oxygen atoms in total. The number of benzene rings is 1. The van der Waals surface area contributed by atoms with E-state index in [-0.39, 0.29) is 35.3 Å². The van der Waals surface area contributed by atoms with Crippen molar-refractivity contribution in [2.45, 2.75) is 64.0 Å². The number of nitrogens with zero attached hydrogens (tertiary/aromatic N) is 1. The first-order valence-electron chi connectivity index (χ1n) is 11.6. The zero-order valence-electron chi connectivity index (χ0n) is 18.7. The van der Waals surface area contributed by atoms with Gasteiger partial charge in [-0.25, -0.2) is 13.6 Å². The molecule has 2 N–H and O–H groups in total. The molecule has 0 aromatic heterocycles. The van der Waals surface area contributed by atoms with Crippen LogP contribution in [0.4, 0.5) is 13.6 Å². The highest BCUT2D eigenvalue weighted by atomic mass is 19.1. The van der Waals surface area contributed by atoms with Crippen LogP contribution < -0.4 is 10.5 Å². The largest absolute Gasteiger partial charge is 0.493 e. The Morgan fingerprint density at radius 3 is 2.34 bits per heavy atom. The summed E-state index contributed by atoms with van der Waals surface area (Å²) < 4.78 is 39.4. The van der Waals surface area contributed by atoms with Crippen LogP contribution in [0.2, 0.25) is 0 Å². The molecule has 32 heavy (non-hydrogen) atoms. The maximum atomic E-state index is 14.3. The summed E-state index contributed by atoms with van der Waals surface area (Å²) in [6.07, 6.45) is 4.24. The summed E-state index contributed by atoms with van der Waals surface area (Å²) in [5.41, 5.74) is 5.91. The van der Waals surface area contributed by atoms with Crippen LogP contribution in [-0.2, 0) is 4.74 Å². The standard InChI is InChI=1S/C24H32F2N2O4/c1-14(2)32-23(30)28-8-5-16(6-9-28)24(27)13-17(24)7-10-31-18-11-19(25)21(20(26)12-18)22(29)15-3-4-15/h11-12,14-17H,3-10,13,27H2,1-2H3/t17-,24+/m1/s1. The number of ether oxygens (including phenoxy) is 2. The third-order valence-corrected chi connectivity index (χ3v) is 6.99. The first-order valence-corrected chi connectivity index (χ1v) is 11.6. The van der Waals surface area contributed by atoms with Crippen LogP contribution in [0.25, 0.3) is 0 Å². The Hall–Kier alpha value is -2.22. The van der Waals surface area contributed by atoms with Crippen LogP contribution >= 0.6 is 0 Å². The third kappa shape index (κ3) is 4.90. The summed E-state index contributed by atoms with van der Waals surface area (Å²) in [4.78, 5) is 25.8. The van der Waals surface area contributed by atoms with Gasteiger partial charge in [0.05, 0.1) is 18.3 Å². The minimum atomic E-state index is -0.862. The van der Waals surface area contributed by atoms with Crippen molar-refractivity contribution in [3.8, 4) is 5.75 Å². The Labute approximate surface area is 187 Å². The number of likely N-dealkylation sites (tertiary alicyclic amines) is 1. The molecule has 0 bridgehead atoms. The molecule has 1 aliphatic heterocycles. The lowest BCUT2D eigenvalue weighted by atomic mass is 9.86. The summed E-state index contributed by atoms with van der Waals surface area (Å²) in [7, 11) is 0. The fraction of sp³-hybridized carbons (Fsp3) is 0.667. The van der Waals surface area contributed by atoms with E-state index < -0.39 is 23.0 Å². The van der Waals surface area contributed by atoms with E-state index in [0.717, 1.165) is 31.4 Å². The van der Waals surface area contributed by atoms with Crippen LogP contribution in [0, 0.1) is 29.4 Å². The van der Waals surface area contributed by atoms with Crippen molar-refractivity contribution in [1.82, 2.24) is 4.90 Å². The van der Waals surface area contributed by atoms with E-state index in [1.165, 1.54) is 0 Å². The molecule has 1 aromatic rings. The van der Waals surface area contributed by atoms with Gasteiger partial charge in [-0.15, -0.1) is 0 Å². The van der Waals surface area contributed by atoms with Gasteiger partial charge in [-0.3, -0.25) is 4.79 Å². The smallest absolute Gasteiger partial charge is 0.410 e. The van der Waals surface area contributed by atoms with Gasteiger partial charge in [0.15, 0.2) is 5.78 Å². The van der Waals surface area contributed by atoms with E-state index in [9.17, 15) is 18.4 Å². The van der Waals surface area contributed by atoms with Gasteiger partial charge in [-0.2, -0.15) is 0 Å². The lowest BCUT2D eigenvalue weighted by molar-refractivity contribution is 0.0618. The molecule has 0 spiro atoms. The van der Waals surface area contributed by atoms with Gasteiger partial charge in [0.2, 0.25) is 0 Å². The second kappa shape index (κ2) is 8.96.